The Bertz CT molecular complexity index is 2110. The Morgan fingerprint density at radius 2 is 1.69 bits per heavy atom. The van der Waals surface area contributed by atoms with Crippen molar-refractivity contribution in [3.05, 3.63) is 71.4 Å². The largest absolute Gasteiger partial charge is 0.469 e. The van der Waals surface area contributed by atoms with Crippen LogP contribution in [0.25, 0.3) is 22.3 Å². The molecule has 2 aromatic heterocycles. The van der Waals surface area contributed by atoms with E-state index in [0.29, 0.717) is 22.4 Å². The molecule has 0 radical (unpaired) electrons. The number of benzene rings is 2. The molecule has 2 N–H and O–H groups in total. The van der Waals surface area contributed by atoms with Crippen molar-refractivity contribution in [2.45, 2.75) is 90.8 Å². The quantitative estimate of drug-likeness (QED) is 0.136. The highest BCUT2D eigenvalue weighted by atomic mass is 19.3. The minimum absolute atomic E-state index is 0.0393. The molecule has 10 nitrogen and oxygen atoms in total. The molecule has 4 aromatic rings. The van der Waals surface area contributed by atoms with Crippen LogP contribution in [0.5, 0.6) is 0 Å². The van der Waals surface area contributed by atoms with Gasteiger partial charge in [0.2, 0.25) is 11.8 Å². The minimum Gasteiger partial charge on any atom is -0.469 e. The number of imidazole rings is 2. The molecular formula is C42H48F2N6O4. The van der Waals surface area contributed by atoms with Gasteiger partial charge in [-0.2, -0.15) is 0 Å². The molecule has 2 bridgehead atoms. The predicted octanol–water partition coefficient (Wildman–Crippen LogP) is 7.44. The number of carbonyl (C=O) groups is 3. The van der Waals surface area contributed by atoms with Crippen LogP contribution in [-0.4, -0.2) is 73.1 Å². The predicted molar refractivity (Wildman–Crippen MR) is 200 cm³/mol. The van der Waals surface area contributed by atoms with Crippen molar-refractivity contribution in [2.75, 3.05) is 13.7 Å². The van der Waals surface area contributed by atoms with Crippen LogP contribution in [0, 0.1) is 41.4 Å². The number of alkyl halides is 2. The SMILES string of the molecule is COC(=O)C[C@H](C(=O)N1[C@H]2C[C@@H]([C@H]1c1nc3ccc(C#Cc4ccc(-c5cnc([C@@H]6CCCN6C(=O)[C@@H](C)C(C)C)[nH]5)cc4)cc3[nH]1)C(F)(F)C2)C(C)C. The number of esters is 1. The summed E-state index contributed by atoms with van der Waals surface area (Å²) in [5.41, 5.74) is 4.58. The Labute approximate surface area is 314 Å². The number of hydrogen-bond acceptors (Lipinski definition) is 6. The highest BCUT2D eigenvalue weighted by Gasteiger charge is 2.64. The topological polar surface area (TPSA) is 124 Å². The lowest BCUT2D eigenvalue weighted by atomic mass is 9.88. The molecule has 3 fully saturated rings. The van der Waals surface area contributed by atoms with Crippen LogP contribution in [0.1, 0.15) is 102 Å². The van der Waals surface area contributed by atoms with Gasteiger partial charge in [0.05, 0.1) is 60.4 Å². The van der Waals surface area contributed by atoms with Crippen molar-refractivity contribution >= 4 is 28.8 Å². The summed E-state index contributed by atoms with van der Waals surface area (Å²) in [5, 5.41) is 0. The fraction of sp³-hybridized carbons (Fsp3) is 0.500. The zero-order valence-electron chi connectivity index (χ0n) is 31.7. The van der Waals surface area contributed by atoms with Crippen LogP contribution >= 0.6 is 0 Å². The maximum atomic E-state index is 15.2. The Kier molecular flexibility index (Phi) is 10.1. The van der Waals surface area contributed by atoms with Crippen molar-refractivity contribution in [2.24, 2.45) is 29.6 Å². The zero-order chi connectivity index (χ0) is 38.5. The van der Waals surface area contributed by atoms with Crippen molar-refractivity contribution < 1.29 is 27.9 Å². The summed E-state index contributed by atoms with van der Waals surface area (Å²) in [5.74, 6) is 2.22. The van der Waals surface area contributed by atoms with Crippen LogP contribution in [0.2, 0.25) is 0 Å². The Morgan fingerprint density at radius 3 is 2.39 bits per heavy atom. The Hall–Kier alpha value is -5.05. The van der Waals surface area contributed by atoms with Crippen LogP contribution in [0.15, 0.2) is 48.7 Å². The third-order valence-electron chi connectivity index (χ3n) is 11.8. The summed E-state index contributed by atoms with van der Waals surface area (Å²) in [7, 11) is 1.27. The number of aromatic amines is 2. The molecule has 54 heavy (non-hydrogen) atoms. The number of carbonyl (C=O) groups excluding carboxylic acids is 3. The van der Waals surface area contributed by atoms with Gasteiger partial charge in [0.25, 0.3) is 5.92 Å². The van der Waals surface area contributed by atoms with Crippen molar-refractivity contribution in [3.63, 3.8) is 0 Å². The van der Waals surface area contributed by atoms with E-state index in [0.717, 1.165) is 42.0 Å². The summed E-state index contributed by atoms with van der Waals surface area (Å²) in [4.78, 5) is 58.8. The van der Waals surface area contributed by atoms with Crippen LogP contribution in [0.3, 0.4) is 0 Å². The van der Waals surface area contributed by atoms with E-state index in [1.807, 2.05) is 68.3 Å². The number of methoxy groups -OCH3 is 1. The monoisotopic (exact) mass is 738 g/mol. The highest BCUT2D eigenvalue weighted by Crippen LogP contribution is 2.57. The molecule has 284 valence electrons. The van der Waals surface area contributed by atoms with E-state index >= 15 is 8.78 Å². The number of piperidine rings is 1. The zero-order valence-corrected chi connectivity index (χ0v) is 31.7. The maximum Gasteiger partial charge on any atom is 0.306 e. The van der Waals surface area contributed by atoms with Gasteiger partial charge in [-0.05, 0) is 67.0 Å². The summed E-state index contributed by atoms with van der Waals surface area (Å²) < 4.78 is 35.2. The molecular weight excluding hydrogens is 690 g/mol. The van der Waals surface area contributed by atoms with Gasteiger partial charge in [-0.3, -0.25) is 14.4 Å². The van der Waals surface area contributed by atoms with Gasteiger partial charge in [0.1, 0.15) is 11.6 Å². The van der Waals surface area contributed by atoms with Gasteiger partial charge in [-0.1, -0.05) is 58.6 Å². The molecule has 2 saturated heterocycles. The lowest BCUT2D eigenvalue weighted by molar-refractivity contribution is -0.156. The average molecular weight is 739 g/mol. The molecule has 2 aromatic carbocycles. The average Bonchev–Trinajstić information content (AvgIpc) is 3.99. The van der Waals surface area contributed by atoms with E-state index < -0.39 is 42.2 Å². The summed E-state index contributed by atoms with van der Waals surface area (Å²) in [6, 6.07) is 11.7. The number of halogens is 2. The highest BCUT2D eigenvalue weighted by molar-refractivity contribution is 5.85. The van der Waals surface area contributed by atoms with E-state index in [4.69, 9.17) is 9.72 Å². The molecule has 4 heterocycles. The molecule has 0 unspecified atom stereocenters. The lowest BCUT2D eigenvalue weighted by Crippen LogP contribution is -2.49. The summed E-state index contributed by atoms with van der Waals surface area (Å²) in [6.45, 7) is 10.6. The van der Waals surface area contributed by atoms with Crippen LogP contribution < -0.4 is 0 Å². The second kappa shape index (κ2) is 14.6. The molecule has 2 aliphatic heterocycles. The van der Waals surface area contributed by atoms with Gasteiger partial charge < -0.3 is 24.5 Å². The fourth-order valence-corrected chi connectivity index (χ4v) is 8.35. The Balaban J connectivity index is 1.07. The third-order valence-corrected chi connectivity index (χ3v) is 11.8. The van der Waals surface area contributed by atoms with E-state index in [1.54, 1.807) is 11.0 Å². The molecule has 12 heteroatoms. The number of ether oxygens (including phenoxy) is 1. The maximum absolute atomic E-state index is 15.2. The second-order valence-electron chi connectivity index (χ2n) is 15.9. The number of nitrogens with one attached hydrogen (secondary N) is 2. The number of nitrogens with zero attached hydrogens (tertiary/aromatic N) is 4. The second-order valence-corrected chi connectivity index (χ2v) is 15.9. The Morgan fingerprint density at radius 1 is 0.963 bits per heavy atom. The van der Waals surface area contributed by atoms with Crippen molar-refractivity contribution in [1.29, 1.82) is 0 Å². The van der Waals surface area contributed by atoms with Gasteiger partial charge >= 0.3 is 5.97 Å². The molecule has 1 saturated carbocycles. The van der Waals surface area contributed by atoms with Gasteiger partial charge in [-0.25, -0.2) is 18.7 Å². The number of likely N-dealkylation sites (tertiary alicyclic amines) is 2. The number of aromatic nitrogens is 4. The number of amides is 2. The first-order chi connectivity index (χ1) is 25.7. The normalized spacial score (nSPS) is 22.9. The minimum atomic E-state index is -2.93. The van der Waals surface area contributed by atoms with Gasteiger partial charge in [0.15, 0.2) is 0 Å². The first-order valence-corrected chi connectivity index (χ1v) is 19.0. The van der Waals surface area contributed by atoms with Gasteiger partial charge in [0, 0.05) is 36.1 Å². The van der Waals surface area contributed by atoms with E-state index in [-0.39, 0.29) is 48.5 Å². The fourth-order valence-electron chi connectivity index (χ4n) is 8.35. The molecule has 1 aliphatic carbocycles. The van der Waals surface area contributed by atoms with Crippen molar-refractivity contribution in [3.8, 4) is 23.1 Å². The molecule has 3 aliphatic rings. The number of fused-ring (bicyclic) bond motifs is 3. The standard InChI is InChI=1S/C42H48F2N6O4/c1-23(2)25(5)40(52)49-17-7-8-35(49)38-45-22-34(48-38)28-14-11-26(12-15-28)9-10-27-13-16-32-33(18-27)47-39(46-32)37-31-19-29(21-42(31,43)44)50(37)41(53)30(24(3)4)20-36(51)54-6/h11-16,18,22-25,29-31,35,37H,7-8,17,19-21H2,1-6H3,(H,45,48)(H,46,47)/t25-,29-,30-,31-,35-,37-/m0/s1. The third kappa shape index (κ3) is 7.01. The first-order valence-electron chi connectivity index (χ1n) is 19.0. The van der Waals surface area contributed by atoms with Gasteiger partial charge in [-0.15, -0.1) is 0 Å². The summed E-state index contributed by atoms with van der Waals surface area (Å²) in [6.07, 6.45) is 3.33. The van der Waals surface area contributed by atoms with Crippen LogP contribution in [0.4, 0.5) is 8.78 Å². The first kappa shape index (κ1) is 37.3. The van der Waals surface area contributed by atoms with Crippen LogP contribution in [-0.2, 0) is 19.1 Å². The van der Waals surface area contributed by atoms with E-state index in [1.165, 1.54) is 7.11 Å². The molecule has 2 amide bonds. The number of hydrogen-bond donors (Lipinski definition) is 2. The van der Waals surface area contributed by atoms with Crippen molar-refractivity contribution in [1.82, 2.24) is 29.7 Å². The molecule has 6 atom stereocenters. The smallest absolute Gasteiger partial charge is 0.306 e. The summed E-state index contributed by atoms with van der Waals surface area (Å²) >= 11 is 0. The van der Waals surface area contributed by atoms with E-state index in [2.05, 4.69) is 40.6 Å². The molecule has 7 rings (SSSR count). The van der Waals surface area contributed by atoms with E-state index in [9.17, 15) is 14.4 Å². The number of rotatable bonds is 9. The molecule has 0 spiro atoms. The number of H-pyrrole nitrogens is 2. The lowest BCUT2D eigenvalue weighted by Gasteiger charge is -2.40.